The molecule has 0 saturated heterocycles. The number of hydrogen-bond acceptors (Lipinski definition) is 2. The number of halogens is 1. The fraction of sp³-hybridized carbons (Fsp3) is 0.533. The third kappa shape index (κ3) is 3.53. The molecule has 1 aromatic carbocycles. The van der Waals surface area contributed by atoms with Crippen LogP contribution in [0.5, 0.6) is 0 Å². The van der Waals surface area contributed by atoms with Crippen LogP contribution in [0.15, 0.2) is 24.3 Å². The predicted molar refractivity (Wildman–Crippen MR) is 71.1 cm³/mol. The van der Waals surface area contributed by atoms with E-state index in [1.165, 1.54) is 12.1 Å². The van der Waals surface area contributed by atoms with Crippen molar-refractivity contribution in [2.45, 2.75) is 32.3 Å². The normalized spacial score (nSPS) is 23.2. The van der Waals surface area contributed by atoms with E-state index in [1.54, 1.807) is 6.07 Å². The monoisotopic (exact) mass is 265 g/mol. The minimum absolute atomic E-state index is 0.0473. The van der Waals surface area contributed by atoms with Crippen LogP contribution < -0.4 is 5.32 Å². The van der Waals surface area contributed by atoms with E-state index in [0.29, 0.717) is 0 Å². The van der Waals surface area contributed by atoms with Gasteiger partial charge in [0.1, 0.15) is 5.82 Å². The summed E-state index contributed by atoms with van der Waals surface area (Å²) in [6.45, 7) is 4.09. The summed E-state index contributed by atoms with van der Waals surface area (Å²) >= 11 is 0. The Bertz CT molecular complexity index is 461. The lowest BCUT2D eigenvalue weighted by Gasteiger charge is -2.15. The van der Waals surface area contributed by atoms with E-state index in [-0.39, 0.29) is 36.0 Å². The average molecular weight is 265 g/mol. The lowest BCUT2D eigenvalue weighted by molar-refractivity contribution is -0.123. The Morgan fingerprint density at radius 3 is 2.89 bits per heavy atom. The molecule has 4 heteroatoms. The number of hydrogen-bond donors (Lipinski definition) is 2. The van der Waals surface area contributed by atoms with Crippen molar-refractivity contribution >= 4 is 5.91 Å². The molecule has 1 aliphatic rings. The van der Waals surface area contributed by atoms with Crippen molar-refractivity contribution in [3.05, 3.63) is 35.6 Å². The van der Waals surface area contributed by atoms with Crippen LogP contribution in [-0.4, -0.2) is 23.7 Å². The van der Waals surface area contributed by atoms with Gasteiger partial charge in [-0.2, -0.15) is 0 Å². The zero-order valence-electron chi connectivity index (χ0n) is 11.3. The van der Waals surface area contributed by atoms with E-state index >= 15 is 0 Å². The van der Waals surface area contributed by atoms with Crippen LogP contribution in [0.25, 0.3) is 0 Å². The Kier molecular flexibility index (Phi) is 4.20. The fourth-order valence-corrected chi connectivity index (χ4v) is 2.16. The summed E-state index contributed by atoms with van der Waals surface area (Å²) in [5, 5.41) is 12.4. The summed E-state index contributed by atoms with van der Waals surface area (Å²) < 4.78 is 13.1. The number of carbonyl (C=O) groups is 1. The first-order valence-electron chi connectivity index (χ1n) is 6.70. The number of aliphatic hydroxyl groups is 1. The molecule has 3 nitrogen and oxygen atoms in total. The van der Waals surface area contributed by atoms with Crippen LogP contribution in [0.3, 0.4) is 0 Å². The van der Waals surface area contributed by atoms with Gasteiger partial charge in [0, 0.05) is 12.5 Å². The van der Waals surface area contributed by atoms with E-state index in [0.717, 1.165) is 12.0 Å². The molecule has 1 fully saturated rings. The van der Waals surface area contributed by atoms with Gasteiger partial charge in [0.25, 0.3) is 0 Å². The number of amides is 1. The largest absolute Gasteiger partial charge is 0.391 e. The van der Waals surface area contributed by atoms with Crippen molar-refractivity contribution in [1.82, 2.24) is 5.32 Å². The van der Waals surface area contributed by atoms with Crippen LogP contribution in [0.1, 0.15) is 31.7 Å². The van der Waals surface area contributed by atoms with E-state index in [9.17, 15) is 14.3 Å². The second-order valence-corrected chi connectivity index (χ2v) is 5.56. The van der Waals surface area contributed by atoms with Crippen molar-refractivity contribution in [2.24, 2.45) is 11.8 Å². The van der Waals surface area contributed by atoms with Gasteiger partial charge in [-0.15, -0.1) is 0 Å². The molecule has 0 radical (unpaired) electrons. The molecule has 2 rings (SSSR count). The van der Waals surface area contributed by atoms with Crippen molar-refractivity contribution in [2.75, 3.05) is 6.54 Å². The summed E-state index contributed by atoms with van der Waals surface area (Å²) in [5.74, 6) is -0.153. The minimum Gasteiger partial charge on any atom is -0.391 e. The lowest BCUT2D eigenvalue weighted by Crippen LogP contribution is -2.35. The molecule has 0 heterocycles. The molecule has 1 aromatic rings. The smallest absolute Gasteiger partial charge is 0.223 e. The molecule has 1 amide bonds. The van der Waals surface area contributed by atoms with Gasteiger partial charge >= 0.3 is 0 Å². The molecule has 3 atom stereocenters. The second-order valence-electron chi connectivity index (χ2n) is 5.56. The van der Waals surface area contributed by atoms with Gasteiger partial charge in [0.05, 0.1) is 6.10 Å². The summed E-state index contributed by atoms with van der Waals surface area (Å²) in [5.41, 5.74) is 0.879. The van der Waals surface area contributed by atoms with E-state index < -0.39 is 6.10 Å². The zero-order chi connectivity index (χ0) is 14.0. The van der Waals surface area contributed by atoms with Crippen LogP contribution in [0.2, 0.25) is 0 Å². The minimum atomic E-state index is -0.518. The van der Waals surface area contributed by atoms with Gasteiger partial charge in [-0.25, -0.2) is 4.39 Å². The Morgan fingerprint density at radius 2 is 2.26 bits per heavy atom. The van der Waals surface area contributed by atoms with E-state index in [2.05, 4.69) is 5.32 Å². The summed E-state index contributed by atoms with van der Waals surface area (Å²) in [7, 11) is 0. The van der Waals surface area contributed by atoms with Crippen molar-refractivity contribution in [1.29, 1.82) is 0 Å². The molecule has 0 aromatic heterocycles. The number of benzene rings is 1. The highest BCUT2D eigenvalue weighted by atomic mass is 19.1. The highest BCUT2D eigenvalue weighted by molar-refractivity contribution is 5.82. The molecule has 2 N–H and O–H groups in total. The SMILES string of the molecule is CC(C)C(O)CNC(=O)C1CC1c1cccc(F)c1. The van der Waals surface area contributed by atoms with Crippen molar-refractivity contribution < 1.29 is 14.3 Å². The number of carbonyl (C=O) groups excluding carboxylic acids is 1. The molecule has 3 unspecified atom stereocenters. The van der Waals surface area contributed by atoms with E-state index in [4.69, 9.17) is 0 Å². The molecule has 1 aliphatic carbocycles. The molecule has 19 heavy (non-hydrogen) atoms. The highest BCUT2D eigenvalue weighted by Crippen LogP contribution is 2.47. The molecular weight excluding hydrogens is 245 g/mol. The van der Waals surface area contributed by atoms with Crippen LogP contribution in [-0.2, 0) is 4.79 Å². The van der Waals surface area contributed by atoms with Crippen LogP contribution in [0.4, 0.5) is 4.39 Å². The third-order valence-corrected chi connectivity index (χ3v) is 3.66. The Labute approximate surface area is 112 Å². The lowest BCUT2D eigenvalue weighted by atomic mass is 10.1. The first-order chi connectivity index (χ1) is 8.99. The second kappa shape index (κ2) is 5.70. The quantitative estimate of drug-likeness (QED) is 0.856. The van der Waals surface area contributed by atoms with Crippen LogP contribution in [0, 0.1) is 17.7 Å². The summed E-state index contributed by atoms with van der Waals surface area (Å²) in [6.07, 6.45) is 0.239. The van der Waals surface area contributed by atoms with Gasteiger partial charge in [0.2, 0.25) is 5.91 Å². The molecule has 0 aliphatic heterocycles. The molecule has 104 valence electrons. The Morgan fingerprint density at radius 1 is 1.53 bits per heavy atom. The summed E-state index contributed by atoms with van der Waals surface area (Å²) in [6, 6.07) is 6.41. The zero-order valence-corrected chi connectivity index (χ0v) is 11.3. The molecule has 0 spiro atoms. The van der Waals surface area contributed by atoms with Gasteiger partial charge in [-0.3, -0.25) is 4.79 Å². The maximum atomic E-state index is 13.1. The first-order valence-corrected chi connectivity index (χ1v) is 6.70. The van der Waals surface area contributed by atoms with Gasteiger partial charge < -0.3 is 10.4 Å². The fourth-order valence-electron chi connectivity index (χ4n) is 2.16. The maximum absolute atomic E-state index is 13.1. The number of rotatable bonds is 5. The predicted octanol–water partition coefficient (Wildman–Crippen LogP) is 2.06. The molecule has 0 bridgehead atoms. The molecular formula is C15H20FNO2. The number of aliphatic hydroxyl groups excluding tert-OH is 1. The topological polar surface area (TPSA) is 49.3 Å². The average Bonchev–Trinajstić information content (AvgIpc) is 3.15. The third-order valence-electron chi connectivity index (χ3n) is 3.66. The van der Waals surface area contributed by atoms with E-state index in [1.807, 2.05) is 19.9 Å². The van der Waals surface area contributed by atoms with Crippen molar-refractivity contribution in [3.8, 4) is 0 Å². The number of nitrogens with one attached hydrogen (secondary N) is 1. The van der Waals surface area contributed by atoms with Gasteiger partial charge in [0.15, 0.2) is 0 Å². The first kappa shape index (κ1) is 14.0. The Balaban J connectivity index is 1.84. The maximum Gasteiger partial charge on any atom is 0.223 e. The standard InChI is InChI=1S/C15H20FNO2/c1-9(2)14(18)8-17-15(19)13-7-12(13)10-4-3-5-11(16)6-10/h3-6,9,12-14,18H,7-8H2,1-2H3,(H,17,19). The summed E-state index contributed by atoms with van der Waals surface area (Å²) in [4.78, 5) is 11.9. The van der Waals surface area contributed by atoms with Gasteiger partial charge in [-0.1, -0.05) is 26.0 Å². The van der Waals surface area contributed by atoms with Crippen LogP contribution >= 0.6 is 0 Å². The van der Waals surface area contributed by atoms with Gasteiger partial charge in [-0.05, 0) is 36.0 Å². The Hall–Kier alpha value is -1.42. The molecule has 1 saturated carbocycles. The van der Waals surface area contributed by atoms with Crippen molar-refractivity contribution in [3.63, 3.8) is 0 Å². The highest BCUT2D eigenvalue weighted by Gasteiger charge is 2.43.